The Hall–Kier alpha value is -3.12. The van der Waals surface area contributed by atoms with Crippen LogP contribution in [0.5, 0.6) is 0 Å². The molecular weight excluding hydrogens is 805 g/mol. The molecular formula is C67H100. The first-order valence-corrected chi connectivity index (χ1v) is 28.2. The zero-order valence-electron chi connectivity index (χ0n) is 46.1. The zero-order chi connectivity index (χ0) is 48.4. The van der Waals surface area contributed by atoms with E-state index in [4.69, 9.17) is 0 Å². The lowest BCUT2D eigenvalue weighted by Crippen LogP contribution is -2.21. The number of hydrogen-bond donors (Lipinski definition) is 0. The molecule has 8 rings (SSSR count). The highest BCUT2D eigenvalue weighted by Gasteiger charge is 2.27. The summed E-state index contributed by atoms with van der Waals surface area (Å²) in [4.78, 5) is 0. The molecule has 0 atom stereocenters. The quantitative estimate of drug-likeness (QED) is 0.149. The van der Waals surface area contributed by atoms with Gasteiger partial charge in [-0.1, -0.05) is 134 Å². The number of hydrogen-bond acceptors (Lipinski definition) is 0. The molecule has 4 saturated carbocycles. The van der Waals surface area contributed by atoms with Gasteiger partial charge in [-0.2, -0.15) is 0 Å². The number of benzene rings is 4. The molecule has 0 aliphatic heterocycles. The summed E-state index contributed by atoms with van der Waals surface area (Å²) in [6.45, 7) is 32.1. The maximum absolute atomic E-state index is 2.47. The monoisotopic (exact) mass is 905 g/mol. The molecule has 0 bridgehead atoms. The van der Waals surface area contributed by atoms with E-state index in [2.05, 4.69) is 145 Å². The van der Waals surface area contributed by atoms with Crippen molar-refractivity contribution in [2.75, 3.05) is 0 Å². The van der Waals surface area contributed by atoms with Gasteiger partial charge >= 0.3 is 0 Å². The molecule has 0 heteroatoms. The summed E-state index contributed by atoms with van der Waals surface area (Å²) >= 11 is 0. The Morgan fingerprint density at radius 1 is 0.284 bits per heavy atom. The van der Waals surface area contributed by atoms with Crippen LogP contribution in [0.2, 0.25) is 0 Å². The van der Waals surface area contributed by atoms with Gasteiger partial charge in [0.05, 0.1) is 0 Å². The third-order valence-corrected chi connectivity index (χ3v) is 18.7. The highest BCUT2D eigenvalue weighted by Crippen LogP contribution is 2.40. The average Bonchev–Trinajstić information content (AvgIpc) is 3.28. The summed E-state index contributed by atoms with van der Waals surface area (Å²) in [5.41, 5.74) is 23.7. The van der Waals surface area contributed by atoms with Crippen LogP contribution >= 0.6 is 0 Å². The van der Waals surface area contributed by atoms with E-state index in [0.29, 0.717) is 0 Å². The lowest BCUT2D eigenvalue weighted by Gasteiger charge is -2.33. The maximum atomic E-state index is 2.47. The van der Waals surface area contributed by atoms with E-state index in [0.717, 1.165) is 53.8 Å². The van der Waals surface area contributed by atoms with Gasteiger partial charge in [0, 0.05) is 0 Å². The van der Waals surface area contributed by atoms with Crippen molar-refractivity contribution in [2.45, 2.75) is 232 Å². The van der Waals surface area contributed by atoms with Crippen LogP contribution in [-0.2, 0) is 25.7 Å². The van der Waals surface area contributed by atoms with Crippen molar-refractivity contribution in [2.24, 2.45) is 47.3 Å². The van der Waals surface area contributed by atoms with E-state index in [1.807, 2.05) is 0 Å². The Morgan fingerprint density at radius 2 is 0.507 bits per heavy atom. The minimum atomic E-state index is 0.901. The Bertz CT molecular complexity index is 2070. The van der Waals surface area contributed by atoms with Crippen molar-refractivity contribution in [3.63, 3.8) is 0 Å². The third kappa shape index (κ3) is 15.9. The van der Waals surface area contributed by atoms with Crippen LogP contribution in [0.15, 0.2) is 48.5 Å². The fourth-order valence-corrected chi connectivity index (χ4v) is 13.2. The molecule has 0 heterocycles. The van der Waals surface area contributed by atoms with E-state index >= 15 is 0 Å². The maximum Gasteiger partial charge on any atom is -0.00203 e. The number of aryl methyl sites for hydroxylation is 8. The van der Waals surface area contributed by atoms with E-state index in [-0.39, 0.29) is 0 Å². The van der Waals surface area contributed by atoms with Gasteiger partial charge in [-0.15, -0.1) is 0 Å². The first-order chi connectivity index (χ1) is 31.9. The Balaban J connectivity index is 0.000000169. The molecule has 0 radical (unpaired) electrons. The zero-order valence-corrected chi connectivity index (χ0v) is 46.1. The van der Waals surface area contributed by atoms with E-state index < -0.39 is 0 Å². The fourth-order valence-electron chi connectivity index (χ4n) is 13.2. The van der Waals surface area contributed by atoms with Crippen LogP contribution in [0, 0.1) is 124 Å². The topological polar surface area (TPSA) is 0 Å². The fraction of sp³-hybridized carbons (Fsp3) is 0.642. The van der Waals surface area contributed by atoms with Crippen molar-refractivity contribution in [3.8, 4) is 0 Å². The highest BCUT2D eigenvalue weighted by molar-refractivity contribution is 5.44. The van der Waals surface area contributed by atoms with Crippen molar-refractivity contribution in [1.82, 2.24) is 0 Å². The predicted molar refractivity (Wildman–Crippen MR) is 295 cm³/mol. The Labute approximate surface area is 414 Å². The summed E-state index contributed by atoms with van der Waals surface area (Å²) in [5, 5.41) is 0. The molecule has 4 aromatic rings. The van der Waals surface area contributed by atoms with E-state index in [9.17, 15) is 0 Å². The standard InChI is InChI=1S/C26H36.C24H38.C17H26/c1-17-7-9-23(10-8-17)15-24-13-20(4)26(21(5)14-24)16-25-11-18(2)22(6)19(3)12-25;1-17-5-7-21(8-6-17)15-22-9-11-23(12-10-22)16-24-13-18(2)20(4)19(3)14-24;1-12-5-7-16(8-6-12)11-17-9-13(2)15(4)14(3)10-17/h11-14,17,23H,7-10,15-16H2,1-6H3;13-14,17,21-23H,5-12,15-16H2,1-4H3;9-10,12,16H,5-8,11H2,1-4H3. The van der Waals surface area contributed by atoms with Gasteiger partial charge in [-0.3, -0.25) is 0 Å². The highest BCUT2D eigenvalue weighted by atomic mass is 14.3. The van der Waals surface area contributed by atoms with Gasteiger partial charge in [0.15, 0.2) is 0 Å². The van der Waals surface area contributed by atoms with Crippen LogP contribution in [-0.4, -0.2) is 0 Å². The van der Waals surface area contributed by atoms with Gasteiger partial charge in [0.1, 0.15) is 0 Å². The van der Waals surface area contributed by atoms with E-state index in [1.165, 1.54) is 194 Å². The summed E-state index contributed by atoms with van der Waals surface area (Å²) in [6.07, 6.45) is 29.9. The van der Waals surface area contributed by atoms with Crippen molar-refractivity contribution >= 4 is 0 Å². The van der Waals surface area contributed by atoms with Gasteiger partial charge < -0.3 is 0 Å². The second kappa shape index (κ2) is 25.1. The Morgan fingerprint density at radius 3 is 0.806 bits per heavy atom. The second-order valence-corrected chi connectivity index (χ2v) is 24.6. The molecule has 0 nitrogen and oxygen atoms in total. The molecule has 4 fully saturated rings. The van der Waals surface area contributed by atoms with Crippen molar-refractivity contribution in [1.29, 1.82) is 0 Å². The third-order valence-electron chi connectivity index (χ3n) is 18.7. The Kier molecular flexibility index (Phi) is 20.0. The minimum absolute atomic E-state index is 0.901. The summed E-state index contributed by atoms with van der Waals surface area (Å²) < 4.78 is 0. The first-order valence-electron chi connectivity index (χ1n) is 28.2. The average molecular weight is 906 g/mol. The molecule has 67 heavy (non-hydrogen) atoms. The van der Waals surface area contributed by atoms with Crippen LogP contribution in [0.1, 0.15) is 219 Å². The smallest absolute Gasteiger partial charge is 0.00203 e. The van der Waals surface area contributed by atoms with Crippen LogP contribution in [0.3, 0.4) is 0 Å². The molecule has 368 valence electrons. The second-order valence-electron chi connectivity index (χ2n) is 24.6. The molecule has 4 aliphatic carbocycles. The molecule has 4 aromatic carbocycles. The normalized spacial score (nSPS) is 25.4. The van der Waals surface area contributed by atoms with Gasteiger partial charge in [-0.25, -0.2) is 0 Å². The van der Waals surface area contributed by atoms with Crippen LogP contribution < -0.4 is 0 Å². The summed E-state index contributed by atoms with van der Waals surface area (Å²) in [6, 6.07) is 19.4. The van der Waals surface area contributed by atoms with Crippen LogP contribution in [0.25, 0.3) is 0 Å². The van der Waals surface area contributed by atoms with Crippen molar-refractivity contribution < 1.29 is 0 Å². The van der Waals surface area contributed by atoms with Gasteiger partial charge in [0.25, 0.3) is 0 Å². The molecule has 0 amide bonds. The number of rotatable bonds is 10. The largest absolute Gasteiger partial charge is 0.0625 e. The summed E-state index contributed by atoms with van der Waals surface area (Å²) in [7, 11) is 0. The van der Waals surface area contributed by atoms with Crippen LogP contribution in [0.4, 0.5) is 0 Å². The SMILES string of the molecule is Cc1cc(CC2CCC(C)CC2)cc(C)c1C.Cc1cc(CC2CCC(CC3CCC(C)CC3)CC2)cc(C)c1C.Cc1cc(Cc2c(C)cc(CC3CCC(C)CC3)cc2C)cc(C)c1C. The van der Waals surface area contributed by atoms with Crippen molar-refractivity contribution in [3.05, 3.63) is 138 Å². The van der Waals surface area contributed by atoms with Gasteiger partial charge in [-0.05, 0) is 283 Å². The molecule has 0 aromatic heterocycles. The molecule has 0 N–H and O–H groups in total. The lowest BCUT2D eigenvalue weighted by atomic mass is 9.72. The van der Waals surface area contributed by atoms with E-state index in [1.54, 1.807) is 23.1 Å². The first kappa shape index (κ1) is 53.2. The molecule has 4 aliphatic rings. The summed E-state index contributed by atoms with van der Waals surface area (Å²) in [5.74, 6) is 7.79. The minimum Gasteiger partial charge on any atom is -0.0625 e. The lowest BCUT2D eigenvalue weighted by molar-refractivity contribution is 0.195. The predicted octanol–water partition coefficient (Wildman–Crippen LogP) is 19.3. The molecule has 0 unspecified atom stereocenters. The molecule has 0 saturated heterocycles. The van der Waals surface area contributed by atoms with Gasteiger partial charge in [0.2, 0.25) is 0 Å². The molecule has 0 spiro atoms.